The lowest BCUT2D eigenvalue weighted by Crippen LogP contribution is -2.34. The van der Waals surface area contributed by atoms with Crippen molar-refractivity contribution in [2.45, 2.75) is 25.8 Å². The molecule has 2 N–H and O–H groups in total. The van der Waals surface area contributed by atoms with E-state index in [0.29, 0.717) is 17.2 Å². The highest BCUT2D eigenvalue weighted by molar-refractivity contribution is 5.96. The Kier molecular flexibility index (Phi) is 5.87. The van der Waals surface area contributed by atoms with Crippen LogP contribution in [0, 0.1) is 12.8 Å². The molecule has 0 aliphatic heterocycles. The molecule has 3 amide bonds. The SMILES string of the molecule is COc1ccc([C@H](NC(=O)Nc2ccc(C(=O)N(C)C)cc2C)C2CC2)cc1. The Labute approximate surface area is 165 Å². The quantitative estimate of drug-likeness (QED) is 0.795. The van der Waals surface area contributed by atoms with E-state index in [4.69, 9.17) is 4.74 Å². The van der Waals surface area contributed by atoms with Crippen LogP contribution in [-0.4, -0.2) is 38.0 Å². The Morgan fingerprint density at radius 3 is 2.32 bits per heavy atom. The maximum absolute atomic E-state index is 12.6. The Morgan fingerprint density at radius 2 is 1.79 bits per heavy atom. The number of aryl methyl sites for hydroxylation is 1. The van der Waals surface area contributed by atoms with Gasteiger partial charge in [-0.25, -0.2) is 4.79 Å². The molecule has 0 heterocycles. The highest BCUT2D eigenvalue weighted by atomic mass is 16.5. The third-order valence-corrected chi connectivity index (χ3v) is 4.98. The summed E-state index contributed by atoms with van der Waals surface area (Å²) in [5.41, 5.74) is 3.21. The molecule has 0 spiro atoms. The van der Waals surface area contributed by atoms with Crippen molar-refractivity contribution in [1.82, 2.24) is 10.2 Å². The summed E-state index contributed by atoms with van der Waals surface area (Å²) in [4.78, 5) is 26.2. The number of ether oxygens (including phenoxy) is 1. The normalized spacial score (nSPS) is 14.1. The van der Waals surface area contributed by atoms with Crippen molar-refractivity contribution in [3.05, 3.63) is 59.2 Å². The van der Waals surface area contributed by atoms with Gasteiger partial charge in [0.25, 0.3) is 5.91 Å². The second-order valence-electron chi connectivity index (χ2n) is 7.42. The minimum atomic E-state index is -0.248. The van der Waals surface area contributed by atoms with Gasteiger partial charge in [-0.2, -0.15) is 0 Å². The van der Waals surface area contributed by atoms with Gasteiger partial charge in [0, 0.05) is 25.3 Å². The molecule has 0 aromatic heterocycles. The van der Waals surface area contributed by atoms with Crippen molar-refractivity contribution < 1.29 is 14.3 Å². The molecular weight excluding hydrogens is 354 g/mol. The van der Waals surface area contributed by atoms with Crippen molar-refractivity contribution in [2.75, 3.05) is 26.5 Å². The fourth-order valence-corrected chi connectivity index (χ4v) is 3.21. The van der Waals surface area contributed by atoms with E-state index in [1.165, 1.54) is 4.90 Å². The van der Waals surface area contributed by atoms with Gasteiger partial charge in [0.05, 0.1) is 13.2 Å². The Bertz CT molecular complexity index is 858. The van der Waals surface area contributed by atoms with Crippen LogP contribution in [0.25, 0.3) is 0 Å². The molecule has 1 fully saturated rings. The molecule has 1 aliphatic carbocycles. The zero-order valence-corrected chi connectivity index (χ0v) is 16.8. The number of urea groups is 1. The predicted molar refractivity (Wildman–Crippen MR) is 110 cm³/mol. The van der Waals surface area contributed by atoms with Crippen molar-refractivity contribution >= 4 is 17.6 Å². The second kappa shape index (κ2) is 8.33. The Hall–Kier alpha value is -3.02. The standard InChI is InChI=1S/C22H27N3O3/c1-14-13-17(21(26)25(2)3)9-12-19(14)23-22(27)24-20(15-5-6-15)16-7-10-18(28-4)11-8-16/h7-13,15,20H,5-6H2,1-4H3,(H2,23,24,27)/t20-/m1/s1. The molecule has 2 aromatic rings. The number of rotatable bonds is 6. The molecule has 1 aliphatic rings. The highest BCUT2D eigenvalue weighted by Gasteiger charge is 2.33. The van der Waals surface area contributed by atoms with E-state index < -0.39 is 0 Å². The Morgan fingerprint density at radius 1 is 1.11 bits per heavy atom. The summed E-state index contributed by atoms with van der Waals surface area (Å²) in [5, 5.41) is 6.01. The van der Waals surface area contributed by atoms with Crippen molar-refractivity contribution in [1.29, 1.82) is 0 Å². The molecule has 28 heavy (non-hydrogen) atoms. The number of anilines is 1. The molecule has 1 atom stereocenters. The Balaban J connectivity index is 1.68. The van der Waals surface area contributed by atoms with E-state index in [1.54, 1.807) is 39.4 Å². The molecule has 1 saturated carbocycles. The number of carbonyl (C=O) groups excluding carboxylic acids is 2. The van der Waals surface area contributed by atoms with Crippen molar-refractivity contribution in [3.63, 3.8) is 0 Å². The van der Waals surface area contributed by atoms with Gasteiger partial charge in [0.2, 0.25) is 0 Å². The minimum absolute atomic E-state index is 0.0270. The van der Waals surface area contributed by atoms with Crippen LogP contribution < -0.4 is 15.4 Å². The maximum atomic E-state index is 12.6. The number of amides is 3. The van der Waals surface area contributed by atoms with E-state index in [0.717, 1.165) is 29.7 Å². The first-order chi connectivity index (χ1) is 13.4. The van der Waals surface area contributed by atoms with E-state index in [-0.39, 0.29) is 18.0 Å². The lowest BCUT2D eigenvalue weighted by molar-refractivity contribution is 0.0827. The molecule has 0 radical (unpaired) electrons. The third kappa shape index (κ3) is 4.63. The molecule has 2 aromatic carbocycles. The van der Waals surface area contributed by atoms with Gasteiger partial charge in [-0.05, 0) is 67.1 Å². The number of benzene rings is 2. The molecule has 148 valence electrons. The topological polar surface area (TPSA) is 70.7 Å². The molecule has 3 rings (SSSR count). The summed E-state index contributed by atoms with van der Waals surface area (Å²) >= 11 is 0. The molecule has 6 nitrogen and oxygen atoms in total. The summed E-state index contributed by atoms with van der Waals surface area (Å²) in [6.07, 6.45) is 2.22. The van der Waals surface area contributed by atoms with Gasteiger partial charge in [-0.3, -0.25) is 4.79 Å². The first kappa shape index (κ1) is 19.7. The van der Waals surface area contributed by atoms with Crippen LogP contribution in [0.2, 0.25) is 0 Å². The second-order valence-corrected chi connectivity index (χ2v) is 7.42. The van der Waals surface area contributed by atoms with Crippen LogP contribution in [-0.2, 0) is 0 Å². The smallest absolute Gasteiger partial charge is 0.319 e. The summed E-state index contributed by atoms with van der Waals surface area (Å²) in [5.74, 6) is 1.19. The van der Waals surface area contributed by atoms with Crippen LogP contribution >= 0.6 is 0 Å². The van der Waals surface area contributed by atoms with Gasteiger partial charge in [0.15, 0.2) is 0 Å². The summed E-state index contributed by atoms with van der Waals surface area (Å²) in [6.45, 7) is 1.88. The maximum Gasteiger partial charge on any atom is 0.319 e. The number of nitrogens with zero attached hydrogens (tertiary/aromatic N) is 1. The molecular formula is C22H27N3O3. The summed E-state index contributed by atoms with van der Waals surface area (Å²) in [7, 11) is 5.07. The lowest BCUT2D eigenvalue weighted by atomic mass is 10.0. The summed E-state index contributed by atoms with van der Waals surface area (Å²) in [6, 6.07) is 12.8. The zero-order chi connectivity index (χ0) is 20.3. The molecule has 0 unspecified atom stereocenters. The van der Waals surface area contributed by atoms with Crippen molar-refractivity contribution in [2.24, 2.45) is 5.92 Å². The van der Waals surface area contributed by atoms with E-state index >= 15 is 0 Å². The molecule has 0 saturated heterocycles. The van der Waals surface area contributed by atoms with E-state index in [9.17, 15) is 9.59 Å². The van der Waals surface area contributed by atoms with Crippen LogP contribution in [0.1, 0.15) is 40.4 Å². The minimum Gasteiger partial charge on any atom is -0.497 e. The first-order valence-corrected chi connectivity index (χ1v) is 9.43. The van der Waals surface area contributed by atoms with Crippen LogP contribution in [0.3, 0.4) is 0 Å². The predicted octanol–water partition coefficient (Wildman–Crippen LogP) is 3.98. The van der Waals surface area contributed by atoms with Gasteiger partial charge in [0.1, 0.15) is 5.75 Å². The molecule has 6 heteroatoms. The number of hydrogen-bond acceptors (Lipinski definition) is 3. The van der Waals surface area contributed by atoms with Crippen molar-refractivity contribution in [3.8, 4) is 5.75 Å². The monoisotopic (exact) mass is 381 g/mol. The lowest BCUT2D eigenvalue weighted by Gasteiger charge is -2.20. The number of hydrogen-bond donors (Lipinski definition) is 2. The van der Waals surface area contributed by atoms with Gasteiger partial charge in [-0.15, -0.1) is 0 Å². The largest absolute Gasteiger partial charge is 0.497 e. The average molecular weight is 381 g/mol. The fourth-order valence-electron chi connectivity index (χ4n) is 3.21. The number of nitrogens with one attached hydrogen (secondary N) is 2. The number of carbonyl (C=O) groups is 2. The van der Waals surface area contributed by atoms with Gasteiger partial charge >= 0.3 is 6.03 Å². The number of methoxy groups -OCH3 is 1. The summed E-state index contributed by atoms with van der Waals surface area (Å²) < 4.78 is 5.21. The van der Waals surface area contributed by atoms with Crippen LogP contribution in [0.5, 0.6) is 5.75 Å². The van der Waals surface area contributed by atoms with E-state index in [2.05, 4.69) is 10.6 Å². The van der Waals surface area contributed by atoms with Gasteiger partial charge < -0.3 is 20.3 Å². The zero-order valence-electron chi connectivity index (χ0n) is 16.8. The first-order valence-electron chi connectivity index (χ1n) is 9.43. The van der Waals surface area contributed by atoms with E-state index in [1.807, 2.05) is 31.2 Å². The highest BCUT2D eigenvalue weighted by Crippen LogP contribution is 2.41. The van der Waals surface area contributed by atoms with Crippen LogP contribution in [0.4, 0.5) is 10.5 Å². The third-order valence-electron chi connectivity index (χ3n) is 4.98. The molecule has 0 bridgehead atoms. The fraction of sp³-hybridized carbons (Fsp3) is 0.364. The van der Waals surface area contributed by atoms with Gasteiger partial charge in [-0.1, -0.05) is 12.1 Å². The van der Waals surface area contributed by atoms with Crippen LogP contribution in [0.15, 0.2) is 42.5 Å². The average Bonchev–Trinajstić information content (AvgIpc) is 3.52.